The molecule has 0 aliphatic carbocycles. The minimum atomic E-state index is -0.847. The maximum Gasteiger partial charge on any atom is 0.340 e. The predicted molar refractivity (Wildman–Crippen MR) is 88.5 cm³/mol. The molecule has 0 unspecified atom stereocenters. The van der Waals surface area contributed by atoms with Crippen LogP contribution in [0.3, 0.4) is 0 Å². The lowest BCUT2D eigenvalue weighted by Gasteiger charge is -2.28. The third kappa shape index (κ3) is 3.42. The predicted octanol–water partition coefficient (Wildman–Crippen LogP) is 1.55. The zero-order chi connectivity index (χ0) is 18.0. The molecule has 0 fully saturated rings. The van der Waals surface area contributed by atoms with Crippen molar-refractivity contribution in [3.63, 3.8) is 0 Å². The summed E-state index contributed by atoms with van der Waals surface area (Å²) in [6.45, 7) is -0.747. The summed E-state index contributed by atoms with van der Waals surface area (Å²) in [7, 11) is 0. The quantitative estimate of drug-likeness (QED) is 0.650. The van der Waals surface area contributed by atoms with E-state index in [-0.39, 0.29) is 23.7 Å². The molecule has 1 aliphatic heterocycles. The Balaban J connectivity index is 1.71. The second kappa shape index (κ2) is 6.60. The number of halogens is 1. The van der Waals surface area contributed by atoms with E-state index < -0.39 is 24.3 Å². The van der Waals surface area contributed by atoms with Crippen molar-refractivity contribution >= 4 is 34.8 Å². The summed E-state index contributed by atoms with van der Waals surface area (Å²) in [4.78, 5) is 37.3. The van der Waals surface area contributed by atoms with Crippen molar-refractivity contribution in [2.45, 2.75) is 0 Å². The summed E-state index contributed by atoms with van der Waals surface area (Å²) < 4.78 is 18.0. The molecule has 1 heterocycles. The van der Waals surface area contributed by atoms with Gasteiger partial charge in [-0.05, 0) is 30.3 Å². The number of carbonyl (C=O) groups is 3. The number of rotatable bonds is 3. The molecular formula is C17H14FN3O4. The van der Waals surface area contributed by atoms with Crippen molar-refractivity contribution in [3.8, 4) is 0 Å². The molecule has 128 valence electrons. The van der Waals surface area contributed by atoms with Crippen LogP contribution in [0.1, 0.15) is 10.4 Å². The van der Waals surface area contributed by atoms with Gasteiger partial charge in [0.25, 0.3) is 5.91 Å². The number of nitrogens with two attached hydrogens (primary N) is 1. The van der Waals surface area contributed by atoms with Crippen LogP contribution in [0.5, 0.6) is 0 Å². The highest BCUT2D eigenvalue weighted by molar-refractivity contribution is 6.10. The largest absolute Gasteiger partial charge is 0.452 e. The number of anilines is 3. The number of carbonyl (C=O) groups excluding carboxylic acids is 3. The van der Waals surface area contributed by atoms with Gasteiger partial charge >= 0.3 is 5.97 Å². The zero-order valence-corrected chi connectivity index (χ0v) is 13.0. The molecule has 2 amide bonds. The molecule has 8 heteroatoms. The molecule has 3 N–H and O–H groups in total. The monoisotopic (exact) mass is 343 g/mol. The second-order valence-electron chi connectivity index (χ2n) is 5.35. The molecule has 7 nitrogen and oxygen atoms in total. The number of amides is 2. The van der Waals surface area contributed by atoms with E-state index in [0.29, 0.717) is 11.4 Å². The number of ether oxygens (including phenoxy) is 1. The van der Waals surface area contributed by atoms with Gasteiger partial charge in [0, 0.05) is 5.69 Å². The molecule has 0 saturated heterocycles. The normalized spacial score (nSPS) is 13.0. The first-order chi connectivity index (χ1) is 12.0. The number of benzene rings is 2. The average Bonchev–Trinajstić information content (AvgIpc) is 2.58. The molecule has 25 heavy (non-hydrogen) atoms. The van der Waals surface area contributed by atoms with Crippen LogP contribution < -0.4 is 16.0 Å². The minimum absolute atomic E-state index is 0.0361. The maximum absolute atomic E-state index is 13.0. The lowest BCUT2D eigenvalue weighted by Crippen LogP contribution is -2.44. The van der Waals surface area contributed by atoms with Crippen LogP contribution in [0.2, 0.25) is 0 Å². The van der Waals surface area contributed by atoms with Crippen LogP contribution in [0, 0.1) is 5.82 Å². The summed E-state index contributed by atoms with van der Waals surface area (Å²) in [5.41, 5.74) is 6.46. The summed E-state index contributed by atoms with van der Waals surface area (Å²) in [6.07, 6.45) is 0. The van der Waals surface area contributed by atoms with Crippen LogP contribution in [0.15, 0.2) is 42.5 Å². The number of fused-ring (bicyclic) bond motifs is 1. The minimum Gasteiger partial charge on any atom is -0.452 e. The fourth-order valence-corrected chi connectivity index (χ4v) is 2.46. The van der Waals surface area contributed by atoms with E-state index in [4.69, 9.17) is 10.5 Å². The Kier molecular flexibility index (Phi) is 4.34. The maximum atomic E-state index is 13.0. The summed E-state index contributed by atoms with van der Waals surface area (Å²) in [6, 6.07) is 10.0. The first-order valence-corrected chi connectivity index (χ1v) is 7.37. The van der Waals surface area contributed by atoms with Gasteiger partial charge in [-0.1, -0.05) is 12.1 Å². The molecule has 3 rings (SSSR count). The second-order valence-corrected chi connectivity index (χ2v) is 5.35. The molecule has 0 aromatic heterocycles. The standard InChI is InChI=1S/C17H14FN3O4/c18-10-5-6-11(12(19)7-10)17(24)25-9-16(23)21-8-15(22)20-13-3-1-2-4-14(13)21/h1-7H,8-9,19H2,(H,20,22). The highest BCUT2D eigenvalue weighted by atomic mass is 19.1. The van der Waals surface area contributed by atoms with Gasteiger partial charge < -0.3 is 15.8 Å². The van der Waals surface area contributed by atoms with Gasteiger partial charge in [-0.15, -0.1) is 0 Å². The van der Waals surface area contributed by atoms with Crippen molar-refractivity contribution in [2.75, 3.05) is 29.1 Å². The van der Waals surface area contributed by atoms with Crippen molar-refractivity contribution in [2.24, 2.45) is 0 Å². The third-order valence-corrected chi connectivity index (χ3v) is 3.63. The Hall–Kier alpha value is -3.42. The van der Waals surface area contributed by atoms with E-state index in [2.05, 4.69) is 5.32 Å². The van der Waals surface area contributed by atoms with Gasteiger partial charge in [0.1, 0.15) is 12.4 Å². The number of nitrogen functional groups attached to an aromatic ring is 1. The van der Waals surface area contributed by atoms with E-state index in [1.165, 1.54) is 11.0 Å². The van der Waals surface area contributed by atoms with Crippen molar-refractivity contribution < 1.29 is 23.5 Å². The number of hydrogen-bond donors (Lipinski definition) is 2. The van der Waals surface area contributed by atoms with Crippen molar-refractivity contribution in [1.29, 1.82) is 0 Å². The molecule has 0 bridgehead atoms. The van der Waals surface area contributed by atoms with Gasteiger partial charge in [0.15, 0.2) is 6.61 Å². The van der Waals surface area contributed by atoms with Gasteiger partial charge in [-0.25, -0.2) is 9.18 Å². The average molecular weight is 343 g/mol. The number of hydrogen-bond acceptors (Lipinski definition) is 5. The van der Waals surface area contributed by atoms with Crippen molar-refractivity contribution in [1.82, 2.24) is 0 Å². The Morgan fingerprint density at radius 2 is 2.00 bits per heavy atom. The Morgan fingerprint density at radius 3 is 2.76 bits per heavy atom. The van der Waals surface area contributed by atoms with E-state index >= 15 is 0 Å². The summed E-state index contributed by atoms with van der Waals surface area (Å²) >= 11 is 0. The molecule has 0 saturated carbocycles. The van der Waals surface area contributed by atoms with E-state index in [1.807, 2.05) is 0 Å². The Labute approximate surface area is 142 Å². The van der Waals surface area contributed by atoms with Crippen LogP contribution >= 0.6 is 0 Å². The molecule has 1 aliphatic rings. The lowest BCUT2D eigenvalue weighted by atomic mass is 10.2. The third-order valence-electron chi connectivity index (χ3n) is 3.63. The smallest absolute Gasteiger partial charge is 0.340 e. The topological polar surface area (TPSA) is 102 Å². The fraction of sp³-hybridized carbons (Fsp3) is 0.118. The molecule has 2 aromatic carbocycles. The number of para-hydroxylation sites is 2. The Bertz CT molecular complexity index is 869. The molecule has 0 spiro atoms. The molecule has 0 radical (unpaired) electrons. The van der Waals surface area contributed by atoms with E-state index in [0.717, 1.165) is 12.1 Å². The zero-order valence-electron chi connectivity index (χ0n) is 13.0. The first kappa shape index (κ1) is 16.4. The molecule has 2 aromatic rings. The van der Waals surface area contributed by atoms with Crippen LogP contribution in [-0.4, -0.2) is 30.9 Å². The van der Waals surface area contributed by atoms with Gasteiger partial charge in [-0.2, -0.15) is 0 Å². The fourth-order valence-electron chi connectivity index (χ4n) is 2.46. The summed E-state index contributed by atoms with van der Waals surface area (Å²) in [5.74, 6) is -2.33. The Morgan fingerprint density at radius 1 is 1.24 bits per heavy atom. The highest BCUT2D eigenvalue weighted by Gasteiger charge is 2.27. The van der Waals surface area contributed by atoms with Crippen molar-refractivity contribution in [3.05, 3.63) is 53.8 Å². The van der Waals surface area contributed by atoms with Gasteiger partial charge in [0.05, 0.1) is 16.9 Å². The highest BCUT2D eigenvalue weighted by Crippen LogP contribution is 2.28. The lowest BCUT2D eigenvalue weighted by molar-refractivity contribution is -0.124. The van der Waals surface area contributed by atoms with E-state index in [9.17, 15) is 18.8 Å². The number of nitrogens with zero attached hydrogens (tertiary/aromatic N) is 1. The first-order valence-electron chi connectivity index (χ1n) is 7.37. The SMILES string of the molecule is Nc1cc(F)ccc1C(=O)OCC(=O)N1CC(=O)Nc2ccccc21. The number of esters is 1. The van der Waals surface area contributed by atoms with Gasteiger partial charge in [-0.3, -0.25) is 14.5 Å². The van der Waals surface area contributed by atoms with Crippen LogP contribution in [0.25, 0.3) is 0 Å². The van der Waals surface area contributed by atoms with Crippen LogP contribution in [0.4, 0.5) is 21.5 Å². The van der Waals surface area contributed by atoms with E-state index in [1.54, 1.807) is 24.3 Å². The van der Waals surface area contributed by atoms with Gasteiger partial charge in [0.2, 0.25) is 5.91 Å². The molecule has 0 atom stereocenters. The summed E-state index contributed by atoms with van der Waals surface area (Å²) in [5, 5.41) is 2.66. The number of nitrogens with one attached hydrogen (secondary N) is 1. The molecular weight excluding hydrogens is 329 g/mol. The van der Waals surface area contributed by atoms with Crippen LogP contribution in [-0.2, 0) is 14.3 Å².